The standard InChI is InChI=1S/C20H15N5O2S/c1-12-6-2-3-7-13(12)18-22-17(27-25-18)11-28-20-24-23-19(26-20)15-10-21-16-9-5-4-8-14(15)16/h2-10,21H,11H2,1H3. The van der Waals surface area contributed by atoms with Crippen LogP contribution in [0.5, 0.6) is 0 Å². The molecule has 0 saturated heterocycles. The second-order valence-electron chi connectivity index (χ2n) is 6.24. The van der Waals surface area contributed by atoms with Crippen LogP contribution < -0.4 is 0 Å². The highest BCUT2D eigenvalue weighted by atomic mass is 32.2. The van der Waals surface area contributed by atoms with Gasteiger partial charge in [0.15, 0.2) is 0 Å². The van der Waals surface area contributed by atoms with Crippen molar-refractivity contribution in [3.63, 3.8) is 0 Å². The Morgan fingerprint density at radius 2 is 1.86 bits per heavy atom. The number of nitrogens with zero attached hydrogens (tertiary/aromatic N) is 4. The van der Waals surface area contributed by atoms with E-state index in [1.54, 1.807) is 0 Å². The Labute approximate surface area is 164 Å². The number of para-hydroxylation sites is 1. The van der Waals surface area contributed by atoms with Crippen LogP contribution >= 0.6 is 11.8 Å². The second kappa shape index (κ2) is 6.97. The first-order chi connectivity index (χ1) is 13.8. The van der Waals surface area contributed by atoms with Crippen LogP contribution in [-0.2, 0) is 5.75 Å². The topological polar surface area (TPSA) is 93.6 Å². The summed E-state index contributed by atoms with van der Waals surface area (Å²) in [7, 11) is 0. The van der Waals surface area contributed by atoms with Crippen LogP contribution in [0.15, 0.2) is 68.9 Å². The SMILES string of the molecule is Cc1ccccc1-c1noc(CSc2nnc(-c3c[nH]c4ccccc34)o2)n1. The summed E-state index contributed by atoms with van der Waals surface area (Å²) in [5, 5.41) is 13.8. The summed E-state index contributed by atoms with van der Waals surface area (Å²) in [6.45, 7) is 2.02. The van der Waals surface area contributed by atoms with Gasteiger partial charge in [0, 0.05) is 22.7 Å². The lowest BCUT2D eigenvalue weighted by atomic mass is 10.1. The molecule has 3 aromatic heterocycles. The van der Waals surface area contributed by atoms with Crippen molar-refractivity contribution >= 4 is 22.7 Å². The summed E-state index contributed by atoms with van der Waals surface area (Å²) in [6, 6.07) is 15.9. The zero-order valence-corrected chi connectivity index (χ0v) is 15.7. The fourth-order valence-electron chi connectivity index (χ4n) is 3.00. The van der Waals surface area contributed by atoms with Crippen LogP contribution in [0.2, 0.25) is 0 Å². The third-order valence-corrected chi connectivity index (χ3v) is 5.20. The van der Waals surface area contributed by atoms with Crippen LogP contribution in [0.1, 0.15) is 11.5 Å². The molecule has 0 amide bonds. The maximum absolute atomic E-state index is 5.80. The van der Waals surface area contributed by atoms with Crippen molar-refractivity contribution in [2.45, 2.75) is 17.9 Å². The number of hydrogen-bond acceptors (Lipinski definition) is 7. The van der Waals surface area contributed by atoms with Crippen LogP contribution in [0.4, 0.5) is 0 Å². The number of fused-ring (bicyclic) bond motifs is 1. The molecule has 2 aromatic carbocycles. The molecule has 8 heteroatoms. The molecule has 0 aliphatic carbocycles. The number of hydrogen-bond donors (Lipinski definition) is 1. The summed E-state index contributed by atoms with van der Waals surface area (Å²) in [5.74, 6) is 2.02. The molecule has 0 spiro atoms. The van der Waals surface area contributed by atoms with Crippen molar-refractivity contribution in [1.82, 2.24) is 25.3 Å². The molecule has 5 aromatic rings. The minimum atomic E-state index is 0.453. The highest BCUT2D eigenvalue weighted by molar-refractivity contribution is 7.98. The monoisotopic (exact) mass is 389 g/mol. The van der Waals surface area contributed by atoms with Crippen LogP contribution in [0.25, 0.3) is 33.7 Å². The molecule has 5 rings (SSSR count). The Balaban J connectivity index is 1.31. The van der Waals surface area contributed by atoms with Crippen LogP contribution in [0, 0.1) is 6.92 Å². The number of H-pyrrole nitrogens is 1. The van der Waals surface area contributed by atoms with Gasteiger partial charge in [0.05, 0.1) is 11.3 Å². The van der Waals surface area contributed by atoms with Crippen LogP contribution in [-0.4, -0.2) is 25.3 Å². The van der Waals surface area contributed by atoms with Crippen molar-refractivity contribution in [1.29, 1.82) is 0 Å². The average Bonchev–Trinajstić information content (AvgIpc) is 3.45. The first-order valence-corrected chi connectivity index (χ1v) is 9.68. The van der Waals surface area contributed by atoms with Gasteiger partial charge in [-0.1, -0.05) is 59.4 Å². The molecule has 0 aliphatic rings. The predicted octanol–water partition coefficient (Wildman–Crippen LogP) is 4.87. The van der Waals surface area contributed by atoms with Gasteiger partial charge in [0.1, 0.15) is 0 Å². The van der Waals surface area contributed by atoms with Gasteiger partial charge in [0.2, 0.25) is 11.7 Å². The highest BCUT2D eigenvalue weighted by Gasteiger charge is 2.15. The summed E-state index contributed by atoms with van der Waals surface area (Å²) >= 11 is 1.36. The van der Waals surface area contributed by atoms with Gasteiger partial charge in [-0.05, 0) is 18.6 Å². The molecule has 0 radical (unpaired) electrons. The fourth-order valence-corrected chi connectivity index (χ4v) is 3.60. The molecule has 3 heterocycles. The van der Waals surface area contributed by atoms with E-state index in [0.29, 0.717) is 28.6 Å². The molecule has 0 saturated carbocycles. The summed E-state index contributed by atoms with van der Waals surface area (Å²) < 4.78 is 11.2. The quantitative estimate of drug-likeness (QED) is 0.429. The van der Waals surface area contributed by atoms with Crippen molar-refractivity contribution in [2.75, 3.05) is 0 Å². The van der Waals surface area contributed by atoms with E-state index in [-0.39, 0.29) is 0 Å². The molecule has 138 valence electrons. The largest absolute Gasteiger partial charge is 0.411 e. The van der Waals surface area contributed by atoms with E-state index in [1.807, 2.05) is 61.7 Å². The summed E-state index contributed by atoms with van der Waals surface area (Å²) in [4.78, 5) is 7.67. The Bertz CT molecular complexity index is 1260. The minimum Gasteiger partial charge on any atom is -0.411 e. The van der Waals surface area contributed by atoms with E-state index < -0.39 is 0 Å². The highest BCUT2D eigenvalue weighted by Crippen LogP contribution is 2.30. The molecule has 0 bridgehead atoms. The maximum Gasteiger partial charge on any atom is 0.277 e. The van der Waals surface area contributed by atoms with Gasteiger partial charge in [0.25, 0.3) is 11.1 Å². The molecule has 28 heavy (non-hydrogen) atoms. The lowest BCUT2D eigenvalue weighted by molar-refractivity contribution is 0.391. The average molecular weight is 389 g/mol. The molecular formula is C20H15N5O2S. The van der Waals surface area contributed by atoms with Gasteiger partial charge in [-0.2, -0.15) is 4.98 Å². The van der Waals surface area contributed by atoms with Gasteiger partial charge in [-0.3, -0.25) is 0 Å². The third-order valence-electron chi connectivity index (χ3n) is 4.40. The molecular weight excluding hydrogens is 374 g/mol. The Morgan fingerprint density at radius 1 is 1.00 bits per heavy atom. The van der Waals surface area contributed by atoms with Gasteiger partial charge >= 0.3 is 0 Å². The number of aromatic amines is 1. The first kappa shape index (κ1) is 16.8. The summed E-state index contributed by atoms with van der Waals surface area (Å²) in [5.41, 5.74) is 3.97. The van der Waals surface area contributed by atoms with Crippen molar-refractivity contribution < 1.29 is 8.94 Å². The van der Waals surface area contributed by atoms with Gasteiger partial charge in [-0.25, -0.2) is 0 Å². The smallest absolute Gasteiger partial charge is 0.277 e. The van der Waals surface area contributed by atoms with E-state index in [0.717, 1.165) is 27.6 Å². The van der Waals surface area contributed by atoms with E-state index >= 15 is 0 Å². The lowest BCUT2D eigenvalue weighted by Crippen LogP contribution is -1.85. The third kappa shape index (κ3) is 3.07. The number of nitrogens with one attached hydrogen (secondary N) is 1. The molecule has 7 nitrogen and oxygen atoms in total. The summed E-state index contributed by atoms with van der Waals surface area (Å²) in [6.07, 6.45) is 1.87. The second-order valence-corrected chi connectivity index (χ2v) is 7.16. The maximum atomic E-state index is 5.80. The molecule has 0 atom stereocenters. The van der Waals surface area contributed by atoms with E-state index in [9.17, 15) is 0 Å². The molecule has 0 fully saturated rings. The first-order valence-electron chi connectivity index (χ1n) is 8.69. The molecule has 0 aliphatic heterocycles. The number of aromatic nitrogens is 5. The van der Waals surface area contributed by atoms with Gasteiger partial charge in [-0.15, -0.1) is 10.2 Å². The number of rotatable bonds is 5. The van der Waals surface area contributed by atoms with E-state index in [2.05, 4.69) is 25.3 Å². The van der Waals surface area contributed by atoms with E-state index in [1.165, 1.54) is 11.8 Å². The Kier molecular flexibility index (Phi) is 4.17. The Hall–Kier alpha value is -3.39. The predicted molar refractivity (Wildman–Crippen MR) is 106 cm³/mol. The zero-order chi connectivity index (χ0) is 18.9. The van der Waals surface area contributed by atoms with Crippen molar-refractivity contribution in [3.8, 4) is 22.8 Å². The lowest BCUT2D eigenvalue weighted by Gasteiger charge is -1.97. The Morgan fingerprint density at radius 3 is 2.79 bits per heavy atom. The normalized spacial score (nSPS) is 11.3. The fraction of sp³-hybridized carbons (Fsp3) is 0.100. The minimum absolute atomic E-state index is 0.453. The van der Waals surface area contributed by atoms with E-state index in [4.69, 9.17) is 8.94 Å². The zero-order valence-electron chi connectivity index (χ0n) is 14.9. The van der Waals surface area contributed by atoms with Crippen molar-refractivity contribution in [2.24, 2.45) is 0 Å². The number of benzene rings is 2. The number of thioether (sulfide) groups is 1. The van der Waals surface area contributed by atoms with Crippen LogP contribution in [0.3, 0.4) is 0 Å². The van der Waals surface area contributed by atoms with Gasteiger partial charge < -0.3 is 13.9 Å². The molecule has 1 N–H and O–H groups in total. The van der Waals surface area contributed by atoms with Crippen molar-refractivity contribution in [3.05, 3.63) is 66.2 Å². The number of aryl methyl sites for hydroxylation is 1. The molecule has 0 unspecified atom stereocenters.